The lowest BCUT2D eigenvalue weighted by atomic mass is 9.77. The number of β-lactam (4-membered cyclic amide) rings is 1. The molecule has 2 aliphatic rings. The van der Waals surface area contributed by atoms with Crippen molar-refractivity contribution in [2.45, 2.75) is 77.0 Å². The van der Waals surface area contributed by atoms with Gasteiger partial charge in [-0.05, 0) is 50.0 Å². The maximum atomic E-state index is 13.3. The van der Waals surface area contributed by atoms with Crippen molar-refractivity contribution in [1.82, 2.24) is 9.88 Å². The standard InChI is InChI=1S/C26H42N2O6/c1-19(2)16-32-13-11-24-26(33-18-31-5,25(29)28(24)17-30-4)15-21-14-23(10-12-27-21)34-22-8-6-20(3)7-9-22/h10,12,14,19-20,22,24H,6-9,11,13,15-18H2,1-5H3/t20?,22?,24-,26-/m0/s1. The maximum absolute atomic E-state index is 13.3. The van der Waals surface area contributed by atoms with E-state index in [1.165, 1.54) is 12.8 Å². The highest BCUT2D eigenvalue weighted by atomic mass is 16.7. The molecule has 1 aliphatic heterocycles. The van der Waals surface area contributed by atoms with Gasteiger partial charge in [-0.1, -0.05) is 20.8 Å². The fraction of sp³-hybridized carbons (Fsp3) is 0.769. The van der Waals surface area contributed by atoms with Crippen molar-refractivity contribution in [1.29, 1.82) is 0 Å². The van der Waals surface area contributed by atoms with Crippen molar-refractivity contribution in [3.05, 3.63) is 24.0 Å². The Hall–Kier alpha value is -1.74. The number of likely N-dealkylation sites (tertiary alicyclic amines) is 1. The van der Waals surface area contributed by atoms with E-state index in [9.17, 15) is 4.79 Å². The molecule has 1 aromatic heterocycles. The van der Waals surface area contributed by atoms with Crippen LogP contribution in [0.25, 0.3) is 0 Å². The van der Waals surface area contributed by atoms with Gasteiger partial charge >= 0.3 is 0 Å². The van der Waals surface area contributed by atoms with Gasteiger partial charge in [-0.2, -0.15) is 0 Å². The van der Waals surface area contributed by atoms with E-state index in [1.807, 2.05) is 12.1 Å². The van der Waals surface area contributed by atoms with Crippen LogP contribution in [0.4, 0.5) is 0 Å². The molecule has 1 saturated carbocycles. The Labute approximate surface area is 204 Å². The lowest BCUT2D eigenvalue weighted by Gasteiger charge is -2.55. The first-order valence-electron chi connectivity index (χ1n) is 12.5. The zero-order valence-corrected chi connectivity index (χ0v) is 21.5. The lowest BCUT2D eigenvalue weighted by Crippen LogP contribution is -2.76. The highest BCUT2D eigenvalue weighted by molar-refractivity contribution is 5.93. The first-order chi connectivity index (χ1) is 16.4. The number of hydrogen-bond donors (Lipinski definition) is 0. The first kappa shape index (κ1) is 26.9. The Kier molecular flexibility index (Phi) is 10.1. The van der Waals surface area contributed by atoms with Crippen LogP contribution in [0, 0.1) is 11.8 Å². The Morgan fingerprint density at radius 1 is 1.18 bits per heavy atom. The summed E-state index contributed by atoms with van der Waals surface area (Å²) >= 11 is 0. The van der Waals surface area contributed by atoms with Gasteiger partial charge in [0.2, 0.25) is 0 Å². The van der Waals surface area contributed by atoms with Gasteiger partial charge in [0, 0.05) is 51.8 Å². The number of rotatable bonds is 14. The molecule has 1 saturated heterocycles. The van der Waals surface area contributed by atoms with E-state index in [0.717, 1.165) is 30.2 Å². The van der Waals surface area contributed by atoms with E-state index < -0.39 is 5.60 Å². The zero-order valence-electron chi connectivity index (χ0n) is 21.5. The molecule has 2 fully saturated rings. The number of ether oxygens (including phenoxy) is 5. The fourth-order valence-corrected chi connectivity index (χ4v) is 4.90. The first-order valence-corrected chi connectivity index (χ1v) is 12.5. The minimum Gasteiger partial charge on any atom is -0.490 e. The van der Waals surface area contributed by atoms with Gasteiger partial charge in [0.15, 0.2) is 5.60 Å². The number of hydrogen-bond acceptors (Lipinski definition) is 7. The summed E-state index contributed by atoms with van der Waals surface area (Å²) in [6.45, 7) is 7.97. The van der Waals surface area contributed by atoms with E-state index in [4.69, 9.17) is 23.7 Å². The number of amides is 1. The Morgan fingerprint density at radius 2 is 1.94 bits per heavy atom. The predicted octanol–water partition coefficient (Wildman–Crippen LogP) is 3.82. The van der Waals surface area contributed by atoms with Crippen molar-refractivity contribution in [3.8, 4) is 5.75 Å². The smallest absolute Gasteiger partial charge is 0.259 e. The molecule has 0 aromatic carbocycles. The second-order valence-corrected chi connectivity index (χ2v) is 10.1. The third-order valence-electron chi connectivity index (χ3n) is 6.72. The normalized spacial score (nSPS) is 27.2. The number of nitrogens with zero attached hydrogens (tertiary/aromatic N) is 2. The largest absolute Gasteiger partial charge is 0.490 e. The van der Waals surface area contributed by atoms with Crippen molar-refractivity contribution in [3.63, 3.8) is 0 Å². The fourth-order valence-electron chi connectivity index (χ4n) is 4.90. The second-order valence-electron chi connectivity index (χ2n) is 10.1. The molecule has 1 aliphatic carbocycles. The molecule has 1 amide bonds. The average molecular weight is 479 g/mol. The van der Waals surface area contributed by atoms with Crippen LogP contribution in [0.2, 0.25) is 0 Å². The summed E-state index contributed by atoms with van der Waals surface area (Å²) in [4.78, 5) is 19.6. The Morgan fingerprint density at radius 3 is 2.62 bits per heavy atom. The van der Waals surface area contributed by atoms with Gasteiger partial charge in [-0.25, -0.2) is 0 Å². The monoisotopic (exact) mass is 478 g/mol. The molecule has 3 rings (SSSR count). The number of methoxy groups -OCH3 is 2. The van der Waals surface area contributed by atoms with Crippen LogP contribution in [0.15, 0.2) is 18.3 Å². The summed E-state index contributed by atoms with van der Waals surface area (Å²) in [6.07, 6.45) is 7.49. The number of pyridine rings is 1. The van der Waals surface area contributed by atoms with E-state index >= 15 is 0 Å². The topological polar surface area (TPSA) is 79.4 Å². The van der Waals surface area contributed by atoms with Crippen LogP contribution < -0.4 is 4.74 Å². The van der Waals surface area contributed by atoms with Gasteiger partial charge in [0.1, 0.15) is 19.3 Å². The van der Waals surface area contributed by atoms with Crippen LogP contribution in [0.3, 0.4) is 0 Å². The summed E-state index contributed by atoms with van der Waals surface area (Å²) in [5.74, 6) is 1.90. The SMILES string of the molecule is COCO[C@]1(Cc2cc(OC3CCC(C)CC3)ccn2)C(=O)N(COC)[C@H]1CCOCC(C)C. The molecule has 192 valence electrons. The molecule has 0 bridgehead atoms. The van der Waals surface area contributed by atoms with Gasteiger partial charge in [0.25, 0.3) is 5.91 Å². The van der Waals surface area contributed by atoms with E-state index in [-0.39, 0.29) is 31.6 Å². The minimum atomic E-state index is -1.07. The van der Waals surface area contributed by atoms with Gasteiger partial charge in [-0.15, -0.1) is 0 Å². The highest BCUT2D eigenvalue weighted by Crippen LogP contribution is 2.40. The summed E-state index contributed by atoms with van der Waals surface area (Å²) in [7, 11) is 3.15. The summed E-state index contributed by atoms with van der Waals surface area (Å²) in [5, 5.41) is 0. The number of carbonyl (C=O) groups excluding carboxylic acids is 1. The zero-order chi connectivity index (χ0) is 24.6. The molecule has 2 atom stereocenters. The molecular weight excluding hydrogens is 436 g/mol. The molecule has 0 unspecified atom stereocenters. The average Bonchev–Trinajstić information content (AvgIpc) is 2.82. The third-order valence-corrected chi connectivity index (χ3v) is 6.72. The van der Waals surface area contributed by atoms with E-state index in [2.05, 4.69) is 25.8 Å². The van der Waals surface area contributed by atoms with Crippen LogP contribution >= 0.6 is 0 Å². The summed E-state index contributed by atoms with van der Waals surface area (Å²) in [5.41, 5.74) is -0.307. The molecule has 34 heavy (non-hydrogen) atoms. The molecule has 0 spiro atoms. The summed E-state index contributed by atoms with van der Waals surface area (Å²) < 4.78 is 28.7. The van der Waals surface area contributed by atoms with Crippen LogP contribution in [-0.2, 0) is 30.2 Å². The Bertz CT molecular complexity index is 767. The third kappa shape index (κ3) is 6.68. The minimum absolute atomic E-state index is 0.0202. The van der Waals surface area contributed by atoms with Gasteiger partial charge < -0.3 is 28.6 Å². The van der Waals surface area contributed by atoms with Gasteiger partial charge in [-0.3, -0.25) is 9.78 Å². The lowest BCUT2D eigenvalue weighted by molar-refractivity contribution is -0.235. The van der Waals surface area contributed by atoms with Crippen molar-refractivity contribution in [2.75, 3.05) is 41.0 Å². The van der Waals surface area contributed by atoms with E-state index in [1.54, 1.807) is 25.3 Å². The maximum Gasteiger partial charge on any atom is 0.259 e. The molecule has 0 N–H and O–H groups in total. The quantitative estimate of drug-likeness (QED) is 0.228. The Balaban J connectivity index is 1.74. The molecule has 1 aromatic rings. The molecule has 2 heterocycles. The number of aromatic nitrogens is 1. The number of carbonyl (C=O) groups is 1. The van der Waals surface area contributed by atoms with Crippen LogP contribution in [-0.4, -0.2) is 74.5 Å². The van der Waals surface area contributed by atoms with Crippen molar-refractivity contribution in [2.24, 2.45) is 11.8 Å². The van der Waals surface area contributed by atoms with Crippen molar-refractivity contribution >= 4 is 5.91 Å². The van der Waals surface area contributed by atoms with Crippen LogP contribution in [0.1, 0.15) is 58.6 Å². The molecule has 8 nitrogen and oxygen atoms in total. The highest BCUT2D eigenvalue weighted by Gasteiger charge is 2.61. The molecule has 8 heteroatoms. The molecule has 0 radical (unpaired) electrons. The second kappa shape index (κ2) is 12.8. The van der Waals surface area contributed by atoms with Crippen molar-refractivity contribution < 1.29 is 28.5 Å². The van der Waals surface area contributed by atoms with Crippen LogP contribution in [0.5, 0.6) is 5.75 Å². The molecular formula is C26H42N2O6. The summed E-state index contributed by atoms with van der Waals surface area (Å²) in [6, 6.07) is 3.63. The predicted molar refractivity (Wildman–Crippen MR) is 128 cm³/mol. The van der Waals surface area contributed by atoms with Gasteiger partial charge in [0.05, 0.1) is 12.1 Å². The van der Waals surface area contributed by atoms with E-state index in [0.29, 0.717) is 32.0 Å².